The highest BCUT2D eigenvalue weighted by Gasteiger charge is 2.28. The Balaban J connectivity index is 0.000000109. The lowest BCUT2D eigenvalue weighted by molar-refractivity contribution is 0.617. The molecule has 6 nitrogen and oxygen atoms in total. The Morgan fingerprint density at radius 2 is 0.457 bits per heavy atom. The van der Waals surface area contributed by atoms with Gasteiger partial charge in [-0.1, -0.05) is 346 Å². The van der Waals surface area contributed by atoms with Crippen molar-refractivity contribution in [3.8, 4) is 112 Å². The molecule has 0 amide bonds. The molecule has 6 heteroatoms. The summed E-state index contributed by atoms with van der Waals surface area (Å²) in [7, 11) is 0. The monoisotopic (exact) mass is 1480 g/mol. The largest absolute Gasteiger partial charge is 0.464 e. The van der Waals surface area contributed by atoms with E-state index in [1.807, 2.05) is 42.9 Å². The van der Waals surface area contributed by atoms with E-state index >= 15 is 0 Å². The van der Waals surface area contributed by atoms with Crippen molar-refractivity contribution in [2.45, 2.75) is 0 Å². The second-order valence-corrected chi connectivity index (χ2v) is 29.4. The van der Waals surface area contributed by atoms with Crippen LogP contribution in [0.1, 0.15) is 0 Å². The first-order chi connectivity index (χ1) is 57.6. The van der Waals surface area contributed by atoms with E-state index in [0.29, 0.717) is 0 Å². The van der Waals surface area contributed by atoms with Gasteiger partial charge in [0.1, 0.15) is 56.5 Å². The Hall–Kier alpha value is -15.5. The quantitative estimate of drug-likeness (QED) is 0.136. The van der Waals surface area contributed by atoms with E-state index in [9.17, 15) is 0 Å². The average molecular weight is 1490 g/mol. The molecule has 0 radical (unpaired) electrons. The van der Waals surface area contributed by atoms with Crippen molar-refractivity contribution in [3.63, 3.8) is 0 Å². The molecule has 0 unspecified atom stereocenters. The third-order valence-electron chi connectivity index (χ3n) is 22.8. The zero-order chi connectivity index (χ0) is 76.6. The van der Waals surface area contributed by atoms with Crippen LogP contribution >= 0.6 is 0 Å². The number of fused-ring (bicyclic) bond motifs is 17. The lowest BCUT2D eigenvalue weighted by Gasteiger charge is -2.08. The molecule has 0 bridgehead atoms. The number of hydrogen-bond donors (Lipinski definition) is 0. The van der Waals surface area contributed by atoms with Crippen LogP contribution in [0.4, 0.5) is 0 Å². The van der Waals surface area contributed by atoms with Gasteiger partial charge in [-0.05, 0) is 126 Å². The third-order valence-corrected chi connectivity index (χ3v) is 22.8. The van der Waals surface area contributed by atoms with Gasteiger partial charge in [-0.3, -0.25) is 0 Å². The lowest BCUT2D eigenvalue weighted by atomic mass is 9.92. The van der Waals surface area contributed by atoms with E-state index in [1.54, 1.807) is 0 Å². The van der Waals surface area contributed by atoms with Crippen molar-refractivity contribution in [1.82, 2.24) is 0 Å². The Bertz CT molecular complexity index is 7820. The molecule has 116 heavy (non-hydrogen) atoms. The van der Waals surface area contributed by atoms with Crippen molar-refractivity contribution >= 4 is 120 Å². The van der Waals surface area contributed by atoms with Crippen molar-refractivity contribution in [2.75, 3.05) is 0 Å². The summed E-state index contributed by atoms with van der Waals surface area (Å²) in [5, 5.41) is 18.0. The Morgan fingerprint density at radius 3 is 0.940 bits per heavy atom. The Labute approximate surface area is 666 Å². The highest BCUT2D eigenvalue weighted by molar-refractivity contribution is 6.26. The van der Waals surface area contributed by atoms with Gasteiger partial charge in [0.15, 0.2) is 0 Å². The molecular weight excluding hydrogens is 1420 g/mol. The van der Waals surface area contributed by atoms with Crippen molar-refractivity contribution < 1.29 is 26.5 Å². The van der Waals surface area contributed by atoms with Crippen LogP contribution in [0.25, 0.3) is 232 Å². The molecule has 6 aromatic heterocycles. The minimum Gasteiger partial charge on any atom is -0.464 e. The minimum atomic E-state index is 0.854. The fourth-order valence-corrected chi connectivity index (χ4v) is 17.6. The van der Waals surface area contributed by atoms with E-state index in [0.717, 1.165) is 210 Å². The smallest absolute Gasteiger partial charge is 0.143 e. The first kappa shape index (κ1) is 67.4. The zero-order valence-corrected chi connectivity index (χ0v) is 62.7. The van der Waals surface area contributed by atoms with E-state index in [1.165, 1.54) is 21.5 Å². The molecule has 0 spiro atoms. The van der Waals surface area contributed by atoms with Crippen molar-refractivity contribution in [3.05, 3.63) is 413 Å². The Kier molecular flexibility index (Phi) is 16.5. The van der Waals surface area contributed by atoms with Gasteiger partial charge in [-0.15, -0.1) is 0 Å². The summed E-state index contributed by atoms with van der Waals surface area (Å²) in [6.45, 7) is 0. The maximum Gasteiger partial charge on any atom is 0.143 e. The first-order valence-corrected chi connectivity index (χ1v) is 39.2. The number of benzene rings is 18. The minimum absolute atomic E-state index is 0.854. The highest BCUT2D eigenvalue weighted by Crippen LogP contribution is 2.53. The van der Waals surface area contributed by atoms with Crippen LogP contribution < -0.4 is 0 Å². The van der Waals surface area contributed by atoms with Gasteiger partial charge >= 0.3 is 0 Å². The molecular formula is C110H68O6. The average Bonchev–Trinajstić information content (AvgIpc) is 1.62. The summed E-state index contributed by atoms with van der Waals surface area (Å²) in [6, 6.07) is 140. The molecule has 0 N–H and O–H groups in total. The molecule has 0 saturated carbocycles. The maximum absolute atomic E-state index is 7.07. The normalized spacial score (nSPS) is 11.6. The van der Waals surface area contributed by atoms with E-state index in [4.69, 9.17) is 26.5 Å². The summed E-state index contributed by atoms with van der Waals surface area (Å²) < 4.78 is 39.3. The van der Waals surface area contributed by atoms with Gasteiger partial charge < -0.3 is 26.5 Å². The summed E-state index contributed by atoms with van der Waals surface area (Å²) >= 11 is 0. The fraction of sp³-hybridized carbons (Fsp3) is 0. The van der Waals surface area contributed by atoms with Gasteiger partial charge in [-0.2, -0.15) is 0 Å². The van der Waals surface area contributed by atoms with Gasteiger partial charge in [0.25, 0.3) is 0 Å². The SMILES string of the molecule is c1ccc(-c2c(-c3cccc4ccccc34)oc3c2ccc2c3ccc3oc(-c4cccc5ccccc45)c(-c4ccccc4)c32)cc1.c1ccc(-c2coc3c2ccc2c3ccc3occ(-c4ccccc4)c32)cc1.c1ccc(-c2oc3c(ccc4c3ccc3oc(-c5ccccc5)c(-c5ccccc5)c34)c2-c2ccccc2)cc1. The zero-order valence-electron chi connectivity index (χ0n) is 62.7. The number of rotatable bonds is 10. The predicted octanol–water partition coefficient (Wildman–Crippen LogP) is 32.0. The standard InChI is InChI=1S/C46H28O2.C38H24O2.C26H16O2/c1-3-15-31(16-4-1)41-39-26-25-35-38(44(39)48-45(41)36-23-11-19-29-13-7-9-21-33(29)36)27-28-40-43(35)42(32-17-5-2-6-18-32)46(47-40)37-24-12-20-30-14-8-10-22-34(30)37;1-5-13-25(14-6-1)33-31-22-21-29-30(38(31)40-36(33)27-17-9-3-10-18-27)23-24-32-35(29)34(26-15-7-2-8-16-26)37(39-32)28-19-11-4-12-20-28;1-3-7-17(8-4-1)22-15-28-26-20-13-14-24-25(19(20)11-12-21(22)26)23(16-27-24)18-9-5-2-6-10-18/h1-28H;1-24H;1-16H. The van der Waals surface area contributed by atoms with Crippen LogP contribution in [0.3, 0.4) is 0 Å². The van der Waals surface area contributed by atoms with Gasteiger partial charge in [0, 0.05) is 104 Å². The molecule has 18 aromatic carbocycles. The molecule has 0 atom stereocenters. The van der Waals surface area contributed by atoms with Gasteiger partial charge in [0.2, 0.25) is 0 Å². The van der Waals surface area contributed by atoms with E-state index in [-0.39, 0.29) is 0 Å². The van der Waals surface area contributed by atoms with Crippen LogP contribution in [0.15, 0.2) is 439 Å². The second kappa shape index (κ2) is 28.4. The molecule has 0 aliphatic carbocycles. The molecule has 24 aromatic rings. The third kappa shape index (κ3) is 11.4. The molecule has 544 valence electrons. The summed E-state index contributed by atoms with van der Waals surface area (Å²) in [4.78, 5) is 0. The van der Waals surface area contributed by atoms with Crippen LogP contribution in [-0.2, 0) is 0 Å². The van der Waals surface area contributed by atoms with Crippen LogP contribution in [0, 0.1) is 0 Å². The summed E-state index contributed by atoms with van der Waals surface area (Å²) in [5.74, 6) is 3.52. The predicted molar refractivity (Wildman–Crippen MR) is 480 cm³/mol. The molecule has 0 aliphatic rings. The summed E-state index contributed by atoms with van der Waals surface area (Å²) in [6.07, 6.45) is 3.71. The van der Waals surface area contributed by atoms with Crippen LogP contribution in [-0.4, -0.2) is 0 Å². The fourth-order valence-electron chi connectivity index (χ4n) is 17.6. The van der Waals surface area contributed by atoms with Crippen molar-refractivity contribution in [2.24, 2.45) is 0 Å². The van der Waals surface area contributed by atoms with E-state index < -0.39 is 0 Å². The molecule has 6 heterocycles. The van der Waals surface area contributed by atoms with Gasteiger partial charge in [0.05, 0.1) is 12.5 Å². The lowest BCUT2D eigenvalue weighted by Crippen LogP contribution is -1.84. The number of furan rings is 6. The molecule has 0 aliphatic heterocycles. The van der Waals surface area contributed by atoms with Gasteiger partial charge in [-0.25, -0.2) is 0 Å². The molecule has 0 saturated heterocycles. The molecule has 0 fully saturated rings. The topological polar surface area (TPSA) is 78.8 Å². The highest BCUT2D eigenvalue weighted by atomic mass is 16.4. The number of hydrogen-bond acceptors (Lipinski definition) is 6. The van der Waals surface area contributed by atoms with Crippen LogP contribution in [0.5, 0.6) is 0 Å². The molecule has 24 rings (SSSR count). The first-order valence-electron chi connectivity index (χ1n) is 39.2. The summed E-state index contributed by atoms with van der Waals surface area (Å²) in [5.41, 5.74) is 23.0. The second-order valence-electron chi connectivity index (χ2n) is 29.4. The maximum atomic E-state index is 7.07. The Morgan fingerprint density at radius 1 is 0.147 bits per heavy atom. The van der Waals surface area contributed by atoms with Crippen molar-refractivity contribution in [1.29, 1.82) is 0 Å². The van der Waals surface area contributed by atoms with Crippen LogP contribution in [0.2, 0.25) is 0 Å². The van der Waals surface area contributed by atoms with E-state index in [2.05, 4.69) is 370 Å².